The van der Waals surface area contributed by atoms with Crippen molar-refractivity contribution in [3.63, 3.8) is 0 Å². The number of carbonyl (C=O) groups is 1. The maximum absolute atomic E-state index is 12.0. The molecule has 1 aromatic heterocycles. The van der Waals surface area contributed by atoms with Crippen molar-refractivity contribution in [2.75, 3.05) is 10.6 Å². The highest BCUT2D eigenvalue weighted by Crippen LogP contribution is 2.28. The van der Waals surface area contributed by atoms with E-state index in [0.29, 0.717) is 23.4 Å². The number of anilines is 3. The summed E-state index contributed by atoms with van der Waals surface area (Å²) < 4.78 is 5.62. The Morgan fingerprint density at radius 3 is 2.52 bits per heavy atom. The highest BCUT2D eigenvalue weighted by Gasteiger charge is 2.24. The van der Waals surface area contributed by atoms with Crippen molar-refractivity contribution in [1.82, 2.24) is 0 Å². The molecule has 0 radical (unpaired) electrons. The number of aryl methyl sites for hydroxylation is 1. The zero-order valence-corrected chi connectivity index (χ0v) is 15.0. The summed E-state index contributed by atoms with van der Waals surface area (Å²) in [6, 6.07) is 10.2. The number of rotatable bonds is 8. The van der Waals surface area contributed by atoms with Crippen molar-refractivity contribution in [3.8, 4) is 0 Å². The van der Waals surface area contributed by atoms with E-state index < -0.39 is 16.8 Å². The van der Waals surface area contributed by atoms with Gasteiger partial charge in [-0.3, -0.25) is 14.4 Å². The Bertz CT molecular complexity index is 1040. The van der Waals surface area contributed by atoms with Crippen molar-refractivity contribution >= 4 is 23.0 Å². The summed E-state index contributed by atoms with van der Waals surface area (Å²) in [5, 5.41) is 14.9. The molecule has 0 saturated carbocycles. The largest absolute Gasteiger partial charge is 0.481 e. The van der Waals surface area contributed by atoms with Crippen LogP contribution in [0.2, 0.25) is 0 Å². The van der Waals surface area contributed by atoms with Gasteiger partial charge in [-0.1, -0.05) is 19.1 Å². The smallest absolute Gasteiger partial charge is 0.307 e. The summed E-state index contributed by atoms with van der Waals surface area (Å²) in [6.45, 7) is 3.79. The second-order valence-electron chi connectivity index (χ2n) is 6.36. The molecule has 0 aliphatic heterocycles. The Labute approximate surface area is 155 Å². The second kappa shape index (κ2) is 7.49. The molecule has 27 heavy (non-hydrogen) atoms. The van der Waals surface area contributed by atoms with Crippen LogP contribution in [-0.4, -0.2) is 11.1 Å². The van der Waals surface area contributed by atoms with Gasteiger partial charge in [-0.05, 0) is 43.2 Å². The van der Waals surface area contributed by atoms with Crippen LogP contribution in [0.3, 0.4) is 0 Å². The normalized spacial score (nSPS) is 12.1. The number of carboxylic acid groups (broad SMARTS) is 1. The average molecular weight is 368 g/mol. The van der Waals surface area contributed by atoms with E-state index in [2.05, 4.69) is 10.6 Å². The number of furan rings is 1. The van der Waals surface area contributed by atoms with E-state index in [9.17, 15) is 14.4 Å². The van der Waals surface area contributed by atoms with Crippen LogP contribution in [-0.2, 0) is 11.2 Å². The molecule has 3 N–H and O–H groups in total. The lowest BCUT2D eigenvalue weighted by Gasteiger charge is -2.20. The predicted molar refractivity (Wildman–Crippen MR) is 103 cm³/mol. The lowest BCUT2D eigenvalue weighted by Crippen LogP contribution is -2.37. The monoisotopic (exact) mass is 368 g/mol. The van der Waals surface area contributed by atoms with Gasteiger partial charge in [0.25, 0.3) is 10.9 Å². The van der Waals surface area contributed by atoms with Gasteiger partial charge in [0, 0.05) is 5.69 Å². The Morgan fingerprint density at radius 1 is 1.15 bits per heavy atom. The van der Waals surface area contributed by atoms with E-state index in [1.54, 1.807) is 24.3 Å². The van der Waals surface area contributed by atoms with Gasteiger partial charge in [-0.15, -0.1) is 0 Å². The molecule has 0 fully saturated rings. The Balaban J connectivity index is 1.82. The molecule has 3 rings (SSSR count). The van der Waals surface area contributed by atoms with Crippen LogP contribution in [0, 0.1) is 6.92 Å². The number of benzene rings is 1. The van der Waals surface area contributed by atoms with Crippen molar-refractivity contribution in [1.29, 1.82) is 0 Å². The highest BCUT2D eigenvalue weighted by atomic mass is 16.4. The third-order valence-electron chi connectivity index (χ3n) is 4.29. The molecule has 1 atom stereocenters. The number of nitrogens with one attached hydrogen (secondary N) is 2. The van der Waals surface area contributed by atoms with Crippen LogP contribution >= 0.6 is 0 Å². The molecule has 0 unspecified atom stereocenters. The molecule has 0 aliphatic rings. The summed E-state index contributed by atoms with van der Waals surface area (Å²) in [4.78, 5) is 34.9. The zero-order valence-electron chi connectivity index (χ0n) is 15.0. The highest BCUT2D eigenvalue weighted by molar-refractivity contribution is 5.79. The predicted octanol–water partition coefficient (Wildman–Crippen LogP) is 3.12. The van der Waals surface area contributed by atoms with Crippen LogP contribution in [0.1, 0.15) is 36.5 Å². The third-order valence-corrected chi connectivity index (χ3v) is 4.29. The van der Waals surface area contributed by atoms with Gasteiger partial charge >= 0.3 is 5.97 Å². The number of carboxylic acids is 1. The average Bonchev–Trinajstić information content (AvgIpc) is 3.06. The van der Waals surface area contributed by atoms with Crippen molar-refractivity contribution < 1.29 is 14.3 Å². The van der Waals surface area contributed by atoms with Crippen LogP contribution < -0.4 is 21.5 Å². The van der Waals surface area contributed by atoms with E-state index >= 15 is 0 Å². The quantitative estimate of drug-likeness (QED) is 0.524. The molecule has 140 valence electrons. The third kappa shape index (κ3) is 3.92. The molecule has 0 bridgehead atoms. The maximum Gasteiger partial charge on any atom is 0.307 e. The summed E-state index contributed by atoms with van der Waals surface area (Å²) in [5.41, 5.74) is 0.343. The van der Waals surface area contributed by atoms with Gasteiger partial charge in [-0.25, -0.2) is 0 Å². The van der Waals surface area contributed by atoms with Gasteiger partial charge in [0.05, 0.1) is 12.5 Å². The minimum Gasteiger partial charge on any atom is -0.481 e. The topological polar surface area (TPSA) is 109 Å². The minimum absolute atomic E-state index is 0.123. The molecule has 0 aliphatic carbocycles. The van der Waals surface area contributed by atoms with E-state index in [0.717, 1.165) is 5.76 Å². The number of aliphatic carboxylic acids is 1. The Hall–Kier alpha value is -3.35. The van der Waals surface area contributed by atoms with Crippen LogP contribution in [0.15, 0.2) is 50.4 Å². The summed E-state index contributed by atoms with van der Waals surface area (Å²) in [5.74, 6) is 0.518. The van der Waals surface area contributed by atoms with Gasteiger partial charge in [0.15, 0.2) is 0 Å². The van der Waals surface area contributed by atoms with Crippen LogP contribution in [0.5, 0.6) is 0 Å². The van der Waals surface area contributed by atoms with Gasteiger partial charge in [0.2, 0.25) is 0 Å². The minimum atomic E-state index is -0.942. The Kier molecular flexibility index (Phi) is 5.12. The first kappa shape index (κ1) is 18.4. The van der Waals surface area contributed by atoms with Crippen molar-refractivity contribution in [2.45, 2.75) is 32.7 Å². The molecule has 0 saturated heterocycles. The molecule has 7 heteroatoms. The summed E-state index contributed by atoms with van der Waals surface area (Å²) in [6.07, 6.45) is 0.543. The lowest BCUT2D eigenvalue weighted by molar-refractivity contribution is -0.136. The molecular formula is C20H20N2O5. The first-order chi connectivity index (χ1) is 12.9. The SMILES string of the molecule is CC[C@@H](Nc1c(Nc2cccc(CC(=O)O)c2)c(=O)c1=O)c1ccc(C)o1. The van der Waals surface area contributed by atoms with Crippen LogP contribution in [0.4, 0.5) is 17.1 Å². The first-order valence-electron chi connectivity index (χ1n) is 8.63. The maximum atomic E-state index is 12.0. The molecule has 3 aromatic rings. The second-order valence-corrected chi connectivity index (χ2v) is 6.36. The fraction of sp³-hybridized carbons (Fsp3) is 0.250. The lowest BCUT2D eigenvalue weighted by atomic mass is 10.1. The Morgan fingerprint density at radius 2 is 1.89 bits per heavy atom. The molecule has 1 heterocycles. The number of hydrogen-bond donors (Lipinski definition) is 3. The van der Waals surface area contributed by atoms with Crippen LogP contribution in [0.25, 0.3) is 0 Å². The summed E-state index contributed by atoms with van der Waals surface area (Å²) in [7, 11) is 0. The molecule has 2 aromatic carbocycles. The molecule has 0 spiro atoms. The fourth-order valence-electron chi connectivity index (χ4n) is 2.92. The van der Waals surface area contributed by atoms with Gasteiger partial charge in [0.1, 0.15) is 22.9 Å². The standard InChI is InChI=1S/C20H20N2O5/c1-3-14(15-8-7-11(2)27-15)22-18-17(19(25)20(18)26)21-13-6-4-5-12(9-13)10-16(23)24/h4-9,14,21-22H,3,10H2,1-2H3,(H,23,24)/t14-/m1/s1. The van der Waals surface area contributed by atoms with Gasteiger partial charge < -0.3 is 20.2 Å². The van der Waals surface area contributed by atoms with E-state index in [1.165, 1.54) is 0 Å². The molecular weight excluding hydrogens is 348 g/mol. The fourth-order valence-corrected chi connectivity index (χ4v) is 2.92. The first-order valence-corrected chi connectivity index (χ1v) is 8.63. The summed E-state index contributed by atoms with van der Waals surface area (Å²) >= 11 is 0. The van der Waals surface area contributed by atoms with Crippen molar-refractivity contribution in [2.24, 2.45) is 0 Å². The van der Waals surface area contributed by atoms with E-state index in [1.807, 2.05) is 26.0 Å². The zero-order chi connectivity index (χ0) is 19.6. The van der Waals surface area contributed by atoms with E-state index in [-0.39, 0.29) is 23.8 Å². The molecule has 7 nitrogen and oxygen atoms in total. The number of hydrogen-bond acceptors (Lipinski definition) is 6. The van der Waals surface area contributed by atoms with Gasteiger partial charge in [-0.2, -0.15) is 0 Å². The van der Waals surface area contributed by atoms with Crippen molar-refractivity contribution in [3.05, 3.63) is 73.9 Å². The molecule has 0 amide bonds. The van der Waals surface area contributed by atoms with E-state index in [4.69, 9.17) is 9.52 Å².